The van der Waals surface area contributed by atoms with E-state index in [2.05, 4.69) is 76.8 Å². The van der Waals surface area contributed by atoms with Crippen molar-refractivity contribution in [3.8, 4) is 11.8 Å². The lowest BCUT2D eigenvalue weighted by Gasteiger charge is -2.27. The predicted octanol–water partition coefficient (Wildman–Crippen LogP) is 7.01. The van der Waals surface area contributed by atoms with E-state index < -0.39 is 5.97 Å². The fourth-order valence-corrected chi connectivity index (χ4v) is 3.83. The molecule has 1 atom stereocenters. The average Bonchev–Trinajstić information content (AvgIpc) is 3.68. The molecule has 36 heavy (non-hydrogen) atoms. The Hall–Kier alpha value is -3.29. The number of allylic oxidation sites excluding steroid dienone is 2. The van der Waals surface area contributed by atoms with Crippen molar-refractivity contribution in [3.63, 3.8) is 0 Å². The van der Waals surface area contributed by atoms with Crippen molar-refractivity contribution in [1.82, 2.24) is 0 Å². The van der Waals surface area contributed by atoms with Gasteiger partial charge in [0.1, 0.15) is 0 Å². The lowest BCUT2D eigenvalue weighted by Crippen LogP contribution is -2.19. The molecule has 1 unspecified atom stereocenters. The van der Waals surface area contributed by atoms with Crippen molar-refractivity contribution >= 4 is 11.5 Å². The van der Waals surface area contributed by atoms with E-state index in [-0.39, 0.29) is 17.4 Å². The van der Waals surface area contributed by atoms with Crippen LogP contribution in [0.2, 0.25) is 0 Å². The molecule has 0 saturated carbocycles. The summed E-state index contributed by atoms with van der Waals surface area (Å²) >= 11 is 0. The van der Waals surface area contributed by atoms with Crippen molar-refractivity contribution in [2.45, 2.75) is 78.2 Å². The molecule has 3 rings (SSSR count). The SMILES string of the molecule is CCC(C)(CC)c1ccc(/C(C)=C/C(=C\N)CC(=O)O)cc1.CCC1(C#Cc2ccccc2C)CO1. The Bertz CT molecular complexity index is 1140. The first kappa shape index (κ1) is 28.9. The largest absolute Gasteiger partial charge is 0.481 e. The molecule has 4 nitrogen and oxygen atoms in total. The Labute approximate surface area is 217 Å². The zero-order valence-electron chi connectivity index (χ0n) is 22.7. The second-order valence-electron chi connectivity index (χ2n) is 9.69. The monoisotopic (exact) mass is 487 g/mol. The number of hydrogen-bond donors (Lipinski definition) is 2. The van der Waals surface area contributed by atoms with Gasteiger partial charge in [0.2, 0.25) is 0 Å². The van der Waals surface area contributed by atoms with Crippen LogP contribution in [0.25, 0.3) is 5.57 Å². The first-order valence-corrected chi connectivity index (χ1v) is 12.8. The minimum atomic E-state index is -0.877. The Morgan fingerprint density at radius 1 is 1.14 bits per heavy atom. The highest BCUT2D eigenvalue weighted by molar-refractivity contribution is 5.74. The summed E-state index contributed by atoms with van der Waals surface area (Å²) < 4.78 is 5.33. The Balaban J connectivity index is 0.000000278. The molecule has 2 aromatic carbocycles. The number of carboxylic acids is 1. The number of hydrogen-bond acceptors (Lipinski definition) is 3. The van der Waals surface area contributed by atoms with E-state index >= 15 is 0 Å². The Kier molecular flexibility index (Phi) is 10.6. The van der Waals surface area contributed by atoms with Crippen molar-refractivity contribution in [2.24, 2.45) is 5.73 Å². The topological polar surface area (TPSA) is 75.9 Å². The van der Waals surface area contributed by atoms with Gasteiger partial charge in [0.15, 0.2) is 5.60 Å². The van der Waals surface area contributed by atoms with Gasteiger partial charge in [-0.05, 0) is 78.6 Å². The molecule has 0 spiro atoms. The van der Waals surface area contributed by atoms with Crippen LogP contribution in [0.1, 0.15) is 82.6 Å². The molecule has 3 N–H and O–H groups in total. The smallest absolute Gasteiger partial charge is 0.307 e. The van der Waals surface area contributed by atoms with Crippen LogP contribution in [0.5, 0.6) is 0 Å². The fourth-order valence-electron chi connectivity index (χ4n) is 3.83. The molecular formula is C32H41NO3. The molecule has 0 bridgehead atoms. The molecule has 0 aromatic heterocycles. The first-order valence-electron chi connectivity index (χ1n) is 12.8. The second kappa shape index (κ2) is 13.1. The minimum absolute atomic E-state index is 0.0599. The van der Waals surface area contributed by atoms with Crippen LogP contribution in [0.3, 0.4) is 0 Å². The second-order valence-corrected chi connectivity index (χ2v) is 9.69. The zero-order chi connectivity index (χ0) is 26.8. The molecule has 192 valence electrons. The summed E-state index contributed by atoms with van der Waals surface area (Å²) in [7, 11) is 0. The summed E-state index contributed by atoms with van der Waals surface area (Å²) in [6, 6.07) is 16.7. The maximum atomic E-state index is 10.8. The highest BCUT2D eigenvalue weighted by atomic mass is 16.6. The van der Waals surface area contributed by atoms with E-state index in [0.29, 0.717) is 5.57 Å². The summed E-state index contributed by atoms with van der Waals surface area (Å²) in [6.45, 7) is 13.7. The normalized spacial score (nSPS) is 17.4. The van der Waals surface area contributed by atoms with Gasteiger partial charge < -0.3 is 15.6 Å². The molecule has 4 heteroatoms. The van der Waals surface area contributed by atoms with Gasteiger partial charge in [-0.1, -0.05) is 88.1 Å². The number of rotatable bonds is 8. The molecule has 1 saturated heterocycles. The van der Waals surface area contributed by atoms with Gasteiger partial charge in [-0.15, -0.1) is 0 Å². The summed E-state index contributed by atoms with van der Waals surface area (Å²) in [6.07, 6.45) is 6.33. The molecule has 1 aliphatic rings. The Morgan fingerprint density at radius 2 is 1.75 bits per heavy atom. The third-order valence-corrected chi connectivity index (χ3v) is 7.20. The van der Waals surface area contributed by atoms with Crippen LogP contribution in [-0.4, -0.2) is 23.3 Å². The van der Waals surface area contributed by atoms with E-state index in [1.54, 1.807) is 0 Å². The summed E-state index contributed by atoms with van der Waals surface area (Å²) in [5.41, 5.74) is 12.0. The highest BCUT2D eigenvalue weighted by Gasteiger charge is 2.41. The van der Waals surface area contributed by atoms with Gasteiger partial charge >= 0.3 is 5.97 Å². The molecule has 1 aliphatic heterocycles. The van der Waals surface area contributed by atoms with E-state index in [9.17, 15) is 4.79 Å². The molecule has 1 heterocycles. The van der Waals surface area contributed by atoms with Crippen molar-refractivity contribution < 1.29 is 14.6 Å². The van der Waals surface area contributed by atoms with Gasteiger partial charge in [-0.2, -0.15) is 0 Å². The third-order valence-electron chi connectivity index (χ3n) is 7.20. The average molecular weight is 488 g/mol. The molecular weight excluding hydrogens is 446 g/mol. The number of carbonyl (C=O) groups is 1. The summed E-state index contributed by atoms with van der Waals surface area (Å²) in [4.78, 5) is 10.8. The predicted molar refractivity (Wildman–Crippen MR) is 150 cm³/mol. The number of nitrogens with two attached hydrogens (primary N) is 1. The maximum absolute atomic E-state index is 10.8. The van der Waals surface area contributed by atoms with E-state index in [1.807, 2.05) is 31.2 Å². The molecule has 2 aromatic rings. The van der Waals surface area contributed by atoms with Crippen LogP contribution >= 0.6 is 0 Å². The van der Waals surface area contributed by atoms with Crippen LogP contribution in [0.15, 0.2) is 66.4 Å². The van der Waals surface area contributed by atoms with Crippen molar-refractivity contribution in [3.05, 3.63) is 88.6 Å². The molecule has 0 aliphatic carbocycles. The summed E-state index contributed by atoms with van der Waals surface area (Å²) in [5.74, 6) is 5.52. The number of benzene rings is 2. The van der Waals surface area contributed by atoms with Crippen LogP contribution in [0, 0.1) is 18.8 Å². The maximum Gasteiger partial charge on any atom is 0.307 e. The van der Waals surface area contributed by atoms with E-state index in [0.717, 1.165) is 42.6 Å². The van der Waals surface area contributed by atoms with Crippen LogP contribution in [0.4, 0.5) is 0 Å². The number of carboxylic acid groups (broad SMARTS) is 1. The molecule has 0 amide bonds. The van der Waals surface area contributed by atoms with Gasteiger partial charge in [0.25, 0.3) is 0 Å². The first-order chi connectivity index (χ1) is 17.1. The minimum Gasteiger partial charge on any atom is -0.481 e. The fraction of sp³-hybridized carbons (Fsp3) is 0.406. The van der Waals surface area contributed by atoms with Gasteiger partial charge in [0.05, 0.1) is 13.0 Å². The van der Waals surface area contributed by atoms with Crippen LogP contribution < -0.4 is 5.73 Å². The molecule has 0 radical (unpaired) electrons. The number of aryl methyl sites for hydroxylation is 1. The summed E-state index contributed by atoms with van der Waals surface area (Å²) in [5, 5.41) is 8.85. The quantitative estimate of drug-likeness (QED) is 0.238. The zero-order valence-corrected chi connectivity index (χ0v) is 22.7. The number of ether oxygens (including phenoxy) is 1. The third kappa shape index (κ3) is 8.14. The lowest BCUT2D eigenvalue weighted by atomic mass is 9.77. The number of aliphatic carboxylic acids is 1. The van der Waals surface area contributed by atoms with Gasteiger partial charge in [-0.25, -0.2) is 0 Å². The van der Waals surface area contributed by atoms with Crippen molar-refractivity contribution in [1.29, 1.82) is 0 Å². The van der Waals surface area contributed by atoms with Crippen LogP contribution in [-0.2, 0) is 14.9 Å². The van der Waals surface area contributed by atoms with E-state index in [4.69, 9.17) is 15.6 Å². The van der Waals surface area contributed by atoms with Gasteiger partial charge in [0, 0.05) is 5.56 Å². The highest BCUT2D eigenvalue weighted by Crippen LogP contribution is 2.32. The lowest BCUT2D eigenvalue weighted by molar-refractivity contribution is -0.136. The van der Waals surface area contributed by atoms with E-state index in [1.165, 1.54) is 17.3 Å². The standard InChI is InChI=1S/C19H27NO2.C13H14O/c1-5-19(4,6-2)17-9-7-16(8-10-17)14(3)11-15(13-20)12-18(21)22;1-3-13(10-14-13)9-8-12-7-5-4-6-11(12)2/h7-11,13H,5-6,12,20H2,1-4H3,(H,21,22);4-7H,3,10H2,1-2H3/b14-11+,15-13+;. The Morgan fingerprint density at radius 3 is 2.22 bits per heavy atom. The van der Waals surface area contributed by atoms with Crippen molar-refractivity contribution in [2.75, 3.05) is 6.61 Å². The molecule has 1 fully saturated rings. The van der Waals surface area contributed by atoms with Gasteiger partial charge in [-0.3, -0.25) is 4.79 Å². The number of epoxide rings is 1.